The fraction of sp³-hybridized carbons (Fsp3) is 0.467. The van der Waals surface area contributed by atoms with Gasteiger partial charge in [0.2, 0.25) is 0 Å². The van der Waals surface area contributed by atoms with Crippen LogP contribution in [0.1, 0.15) is 31.9 Å². The van der Waals surface area contributed by atoms with Crippen molar-refractivity contribution in [1.82, 2.24) is 5.32 Å². The lowest BCUT2D eigenvalue weighted by Gasteiger charge is -2.22. The average Bonchev–Trinajstić information content (AvgIpc) is 2.23. The molecule has 1 N–H and O–H groups in total. The van der Waals surface area contributed by atoms with Gasteiger partial charge in [0.1, 0.15) is 12.4 Å². The number of ether oxygens (including phenoxy) is 1. The topological polar surface area (TPSA) is 21.3 Å². The molecule has 0 saturated heterocycles. The number of hydrogen-bond acceptors (Lipinski definition) is 2. The minimum atomic E-state index is 0.0973. The van der Waals surface area contributed by atoms with E-state index in [0.29, 0.717) is 6.61 Å². The second-order valence-electron chi connectivity index (χ2n) is 5.47. The summed E-state index contributed by atoms with van der Waals surface area (Å²) in [5.41, 5.74) is 2.43. The van der Waals surface area contributed by atoms with E-state index in [1.165, 1.54) is 5.56 Å². The Kier molecular flexibility index (Phi) is 5.42. The normalized spacial score (nSPS) is 11.4. The smallest absolute Gasteiger partial charge is 0.127 e. The Labute approximate surface area is 119 Å². The second-order valence-corrected chi connectivity index (χ2v) is 6.59. The van der Waals surface area contributed by atoms with Crippen molar-refractivity contribution in [2.75, 3.05) is 6.61 Å². The lowest BCUT2D eigenvalue weighted by Crippen LogP contribution is -2.35. The lowest BCUT2D eigenvalue weighted by molar-refractivity contribution is 0.348. The van der Waals surface area contributed by atoms with Crippen LogP contribution in [0, 0.1) is 6.92 Å². The number of aryl methyl sites for hydroxylation is 1. The highest BCUT2D eigenvalue weighted by molar-refractivity contribution is 9.11. The fourth-order valence-electron chi connectivity index (χ4n) is 1.57. The summed E-state index contributed by atoms with van der Waals surface area (Å²) in [6, 6.07) is 6.22. The molecule has 0 heterocycles. The van der Waals surface area contributed by atoms with Gasteiger partial charge in [0.05, 0.1) is 0 Å². The Morgan fingerprint density at radius 1 is 1.39 bits per heavy atom. The molecule has 0 saturated carbocycles. The van der Waals surface area contributed by atoms with E-state index in [9.17, 15) is 0 Å². The number of nitrogens with one attached hydrogen (secondary N) is 1. The van der Waals surface area contributed by atoms with Crippen LogP contribution in [-0.4, -0.2) is 12.1 Å². The molecule has 0 aliphatic rings. The maximum atomic E-state index is 5.81. The van der Waals surface area contributed by atoms with Crippen molar-refractivity contribution in [2.45, 2.75) is 39.8 Å². The maximum absolute atomic E-state index is 5.81. The van der Waals surface area contributed by atoms with Gasteiger partial charge in [-0.25, -0.2) is 0 Å². The highest BCUT2D eigenvalue weighted by Crippen LogP contribution is 2.24. The largest absolute Gasteiger partial charge is 0.488 e. The number of halogens is 1. The van der Waals surface area contributed by atoms with Gasteiger partial charge in [0, 0.05) is 22.1 Å². The standard InChI is InChI=1S/C15H22BrNO/c1-11-7-6-8-13(9-17-15(3,4)5)14(11)18-10-12(2)16/h6-8,17H,2,9-10H2,1,3-5H3. The van der Waals surface area contributed by atoms with Crippen molar-refractivity contribution in [3.05, 3.63) is 40.4 Å². The van der Waals surface area contributed by atoms with Gasteiger partial charge in [0.25, 0.3) is 0 Å². The third-order valence-corrected chi connectivity index (χ3v) is 2.70. The molecule has 1 aromatic rings. The van der Waals surface area contributed by atoms with Gasteiger partial charge >= 0.3 is 0 Å². The molecule has 18 heavy (non-hydrogen) atoms. The quantitative estimate of drug-likeness (QED) is 0.881. The first-order valence-electron chi connectivity index (χ1n) is 6.09. The number of benzene rings is 1. The van der Waals surface area contributed by atoms with Crippen LogP contribution < -0.4 is 10.1 Å². The number of rotatable bonds is 5. The number of hydrogen-bond donors (Lipinski definition) is 1. The second kappa shape index (κ2) is 6.39. The van der Waals surface area contributed by atoms with Gasteiger partial charge in [-0.15, -0.1) is 0 Å². The number of para-hydroxylation sites is 1. The van der Waals surface area contributed by atoms with Crippen LogP contribution >= 0.6 is 15.9 Å². The van der Waals surface area contributed by atoms with Gasteiger partial charge in [-0.2, -0.15) is 0 Å². The molecule has 0 amide bonds. The summed E-state index contributed by atoms with van der Waals surface area (Å²) in [7, 11) is 0. The van der Waals surface area contributed by atoms with Gasteiger partial charge < -0.3 is 10.1 Å². The monoisotopic (exact) mass is 311 g/mol. The van der Waals surface area contributed by atoms with Crippen molar-refractivity contribution in [2.24, 2.45) is 0 Å². The zero-order valence-corrected chi connectivity index (χ0v) is 13.2. The Balaban J connectivity index is 2.83. The molecule has 0 fully saturated rings. The lowest BCUT2D eigenvalue weighted by atomic mass is 10.1. The molecule has 0 spiro atoms. The molecular formula is C15H22BrNO. The summed E-state index contributed by atoms with van der Waals surface area (Å²) in [6.07, 6.45) is 0. The fourth-order valence-corrected chi connectivity index (χ4v) is 1.68. The molecule has 3 heteroatoms. The zero-order chi connectivity index (χ0) is 13.8. The Hall–Kier alpha value is -0.800. The highest BCUT2D eigenvalue weighted by atomic mass is 79.9. The van der Waals surface area contributed by atoms with E-state index in [1.807, 2.05) is 0 Å². The summed E-state index contributed by atoms with van der Waals surface area (Å²) < 4.78 is 6.66. The van der Waals surface area contributed by atoms with E-state index in [2.05, 4.69) is 73.7 Å². The molecule has 0 aliphatic heterocycles. The molecule has 1 aromatic carbocycles. The Morgan fingerprint density at radius 2 is 2.06 bits per heavy atom. The van der Waals surface area contributed by atoms with Crippen LogP contribution in [0.4, 0.5) is 0 Å². The van der Waals surface area contributed by atoms with Gasteiger partial charge in [-0.1, -0.05) is 40.7 Å². The molecule has 2 nitrogen and oxygen atoms in total. The minimum Gasteiger partial charge on any atom is -0.488 e. The zero-order valence-electron chi connectivity index (χ0n) is 11.6. The van der Waals surface area contributed by atoms with Crippen molar-refractivity contribution < 1.29 is 4.74 Å². The van der Waals surface area contributed by atoms with Gasteiger partial charge in [-0.05, 0) is 33.3 Å². The predicted molar refractivity (Wildman–Crippen MR) is 81.3 cm³/mol. The van der Waals surface area contributed by atoms with E-state index in [4.69, 9.17) is 4.74 Å². The van der Waals surface area contributed by atoms with Crippen LogP contribution in [-0.2, 0) is 6.54 Å². The van der Waals surface area contributed by atoms with Crippen LogP contribution in [0.5, 0.6) is 5.75 Å². The van der Waals surface area contributed by atoms with E-state index >= 15 is 0 Å². The molecule has 0 bridgehead atoms. The molecule has 0 aliphatic carbocycles. The Bertz CT molecular complexity index is 421. The van der Waals surface area contributed by atoms with Crippen LogP contribution in [0.2, 0.25) is 0 Å². The molecule has 1 rings (SSSR count). The van der Waals surface area contributed by atoms with Crippen LogP contribution in [0.15, 0.2) is 29.3 Å². The first-order valence-corrected chi connectivity index (χ1v) is 6.88. The molecule has 0 unspecified atom stereocenters. The minimum absolute atomic E-state index is 0.0973. The first-order chi connectivity index (χ1) is 8.29. The summed E-state index contributed by atoms with van der Waals surface area (Å²) >= 11 is 3.32. The first kappa shape index (κ1) is 15.3. The van der Waals surface area contributed by atoms with Gasteiger partial charge in [-0.3, -0.25) is 0 Å². The molecular weight excluding hydrogens is 290 g/mol. The summed E-state index contributed by atoms with van der Waals surface area (Å²) in [6.45, 7) is 13.6. The third kappa shape index (κ3) is 5.23. The SMILES string of the molecule is C=C(Br)COc1c(C)cccc1CNC(C)(C)C. The summed E-state index contributed by atoms with van der Waals surface area (Å²) in [4.78, 5) is 0. The molecule has 0 atom stereocenters. The third-order valence-electron chi connectivity index (χ3n) is 2.48. The van der Waals surface area contributed by atoms with Crippen LogP contribution in [0.25, 0.3) is 0 Å². The van der Waals surface area contributed by atoms with E-state index in [-0.39, 0.29) is 5.54 Å². The maximum Gasteiger partial charge on any atom is 0.127 e. The summed E-state index contributed by atoms with van der Waals surface area (Å²) in [5.74, 6) is 0.954. The van der Waals surface area contributed by atoms with Crippen molar-refractivity contribution >= 4 is 15.9 Å². The molecule has 0 radical (unpaired) electrons. The van der Waals surface area contributed by atoms with Gasteiger partial charge in [0.15, 0.2) is 0 Å². The van der Waals surface area contributed by atoms with Crippen molar-refractivity contribution in [1.29, 1.82) is 0 Å². The van der Waals surface area contributed by atoms with Crippen molar-refractivity contribution in [3.63, 3.8) is 0 Å². The molecule has 0 aromatic heterocycles. The molecule has 100 valence electrons. The van der Waals surface area contributed by atoms with Crippen LogP contribution in [0.3, 0.4) is 0 Å². The predicted octanol–water partition coefficient (Wildman–Crippen LogP) is 4.17. The van der Waals surface area contributed by atoms with E-state index in [1.54, 1.807) is 0 Å². The Morgan fingerprint density at radius 3 is 2.61 bits per heavy atom. The van der Waals surface area contributed by atoms with E-state index in [0.717, 1.165) is 22.3 Å². The van der Waals surface area contributed by atoms with Crippen molar-refractivity contribution in [3.8, 4) is 5.75 Å². The average molecular weight is 312 g/mol. The summed E-state index contributed by atoms with van der Waals surface area (Å²) in [5, 5.41) is 3.48. The van der Waals surface area contributed by atoms with E-state index < -0.39 is 0 Å². The highest BCUT2D eigenvalue weighted by Gasteiger charge is 2.12.